The summed E-state index contributed by atoms with van der Waals surface area (Å²) in [5.41, 5.74) is 3.21. The van der Waals surface area contributed by atoms with E-state index in [9.17, 15) is 4.79 Å². The van der Waals surface area contributed by atoms with Crippen LogP contribution in [-0.4, -0.2) is 12.1 Å². The molecule has 0 saturated heterocycles. The molecule has 5 heteroatoms. The SMILES string of the molecule is N#Cc1ccc(Nc2ccc(NC(=O)NC3CC3)cc2)cc1. The molecule has 0 unspecified atom stereocenters. The van der Waals surface area contributed by atoms with Crippen molar-refractivity contribution in [3.63, 3.8) is 0 Å². The summed E-state index contributed by atoms with van der Waals surface area (Å²) >= 11 is 0. The molecule has 3 rings (SSSR count). The van der Waals surface area contributed by atoms with Gasteiger partial charge in [0.25, 0.3) is 0 Å². The van der Waals surface area contributed by atoms with Gasteiger partial charge in [-0.15, -0.1) is 0 Å². The molecule has 1 aliphatic carbocycles. The van der Waals surface area contributed by atoms with E-state index in [2.05, 4.69) is 22.0 Å². The molecule has 5 nitrogen and oxygen atoms in total. The van der Waals surface area contributed by atoms with E-state index in [0.717, 1.165) is 29.9 Å². The average molecular weight is 292 g/mol. The molecule has 0 radical (unpaired) electrons. The molecular formula is C17H16N4O. The molecule has 2 aromatic carbocycles. The van der Waals surface area contributed by atoms with Crippen LogP contribution in [0.15, 0.2) is 48.5 Å². The molecule has 2 aromatic rings. The number of rotatable bonds is 4. The fourth-order valence-corrected chi connectivity index (χ4v) is 2.01. The molecule has 1 saturated carbocycles. The van der Waals surface area contributed by atoms with Crippen molar-refractivity contribution in [3.05, 3.63) is 54.1 Å². The van der Waals surface area contributed by atoms with Crippen molar-refractivity contribution in [1.29, 1.82) is 5.26 Å². The van der Waals surface area contributed by atoms with Gasteiger partial charge in [0, 0.05) is 23.1 Å². The number of carbonyl (C=O) groups is 1. The van der Waals surface area contributed by atoms with Crippen LogP contribution < -0.4 is 16.0 Å². The van der Waals surface area contributed by atoms with E-state index < -0.39 is 0 Å². The van der Waals surface area contributed by atoms with Gasteiger partial charge in [0.2, 0.25) is 0 Å². The number of anilines is 3. The van der Waals surface area contributed by atoms with E-state index >= 15 is 0 Å². The number of hydrogen-bond donors (Lipinski definition) is 3. The van der Waals surface area contributed by atoms with Crippen molar-refractivity contribution in [2.45, 2.75) is 18.9 Å². The van der Waals surface area contributed by atoms with Crippen LogP contribution >= 0.6 is 0 Å². The standard InChI is InChI=1S/C17H16N4O/c18-11-12-1-3-13(4-2-12)19-14-5-7-15(8-6-14)20-17(22)21-16-9-10-16/h1-8,16,19H,9-10H2,(H2,20,21,22). The summed E-state index contributed by atoms with van der Waals surface area (Å²) < 4.78 is 0. The number of nitrogens with one attached hydrogen (secondary N) is 3. The first-order valence-electron chi connectivity index (χ1n) is 7.18. The monoisotopic (exact) mass is 292 g/mol. The largest absolute Gasteiger partial charge is 0.356 e. The van der Waals surface area contributed by atoms with Gasteiger partial charge in [0.05, 0.1) is 11.6 Å². The van der Waals surface area contributed by atoms with Gasteiger partial charge in [-0.3, -0.25) is 0 Å². The zero-order valence-corrected chi connectivity index (χ0v) is 12.0. The topological polar surface area (TPSA) is 77.0 Å². The van der Waals surface area contributed by atoms with Gasteiger partial charge >= 0.3 is 6.03 Å². The molecule has 22 heavy (non-hydrogen) atoms. The van der Waals surface area contributed by atoms with Crippen LogP contribution in [0.4, 0.5) is 21.9 Å². The van der Waals surface area contributed by atoms with Crippen LogP contribution in [0.3, 0.4) is 0 Å². The summed E-state index contributed by atoms with van der Waals surface area (Å²) in [6, 6.07) is 17.0. The third-order valence-corrected chi connectivity index (χ3v) is 3.36. The van der Waals surface area contributed by atoms with Gasteiger partial charge in [0.15, 0.2) is 0 Å². The second-order valence-corrected chi connectivity index (χ2v) is 5.26. The maximum absolute atomic E-state index is 11.6. The molecule has 2 amide bonds. The molecule has 1 fully saturated rings. The number of carbonyl (C=O) groups excluding carboxylic acids is 1. The van der Waals surface area contributed by atoms with Gasteiger partial charge in [-0.2, -0.15) is 5.26 Å². The van der Waals surface area contributed by atoms with Gasteiger partial charge < -0.3 is 16.0 Å². The van der Waals surface area contributed by atoms with E-state index in [0.29, 0.717) is 11.6 Å². The van der Waals surface area contributed by atoms with Crippen LogP contribution in [0, 0.1) is 11.3 Å². The quantitative estimate of drug-likeness (QED) is 0.806. The second-order valence-electron chi connectivity index (χ2n) is 5.26. The summed E-state index contributed by atoms with van der Waals surface area (Å²) in [6.07, 6.45) is 2.14. The minimum Gasteiger partial charge on any atom is -0.356 e. The lowest BCUT2D eigenvalue weighted by Gasteiger charge is -2.09. The van der Waals surface area contributed by atoms with E-state index in [4.69, 9.17) is 5.26 Å². The van der Waals surface area contributed by atoms with Gasteiger partial charge in [-0.1, -0.05) is 0 Å². The minimum atomic E-state index is -0.157. The lowest BCUT2D eigenvalue weighted by atomic mass is 10.2. The van der Waals surface area contributed by atoms with Crippen molar-refractivity contribution in [3.8, 4) is 6.07 Å². The smallest absolute Gasteiger partial charge is 0.319 e. The number of nitrogens with zero attached hydrogens (tertiary/aromatic N) is 1. The highest BCUT2D eigenvalue weighted by molar-refractivity contribution is 5.89. The summed E-state index contributed by atoms with van der Waals surface area (Å²) in [5.74, 6) is 0. The molecule has 0 spiro atoms. The Kier molecular flexibility index (Phi) is 3.92. The highest BCUT2D eigenvalue weighted by Crippen LogP contribution is 2.21. The van der Waals surface area contributed by atoms with Gasteiger partial charge in [-0.25, -0.2) is 4.79 Å². The van der Waals surface area contributed by atoms with Crippen LogP contribution in [-0.2, 0) is 0 Å². The molecule has 3 N–H and O–H groups in total. The zero-order chi connectivity index (χ0) is 15.4. The molecule has 0 atom stereocenters. The second kappa shape index (κ2) is 6.19. The van der Waals surface area contributed by atoms with E-state index in [1.807, 2.05) is 36.4 Å². The fraction of sp³-hybridized carbons (Fsp3) is 0.176. The third kappa shape index (κ3) is 3.76. The lowest BCUT2D eigenvalue weighted by Crippen LogP contribution is -2.30. The van der Waals surface area contributed by atoms with Crippen LogP contribution in [0.1, 0.15) is 18.4 Å². The van der Waals surface area contributed by atoms with E-state index in [-0.39, 0.29) is 6.03 Å². The van der Waals surface area contributed by atoms with E-state index in [1.165, 1.54) is 0 Å². The van der Waals surface area contributed by atoms with Crippen molar-refractivity contribution in [2.24, 2.45) is 0 Å². The zero-order valence-electron chi connectivity index (χ0n) is 12.0. The van der Waals surface area contributed by atoms with Gasteiger partial charge in [-0.05, 0) is 61.4 Å². The molecule has 110 valence electrons. The van der Waals surface area contributed by atoms with Crippen LogP contribution in [0.25, 0.3) is 0 Å². The van der Waals surface area contributed by atoms with Crippen LogP contribution in [0.2, 0.25) is 0 Å². The molecule has 0 heterocycles. The van der Waals surface area contributed by atoms with Crippen molar-refractivity contribution < 1.29 is 4.79 Å². The minimum absolute atomic E-state index is 0.157. The first kappa shape index (κ1) is 14.0. The van der Waals surface area contributed by atoms with Crippen molar-refractivity contribution in [1.82, 2.24) is 5.32 Å². The first-order valence-corrected chi connectivity index (χ1v) is 7.18. The fourth-order valence-electron chi connectivity index (χ4n) is 2.01. The highest BCUT2D eigenvalue weighted by Gasteiger charge is 2.23. The Morgan fingerprint density at radius 2 is 1.50 bits per heavy atom. The Bertz CT molecular complexity index is 697. The number of urea groups is 1. The van der Waals surface area contributed by atoms with Crippen molar-refractivity contribution >= 4 is 23.1 Å². The molecule has 1 aliphatic rings. The maximum atomic E-state index is 11.6. The lowest BCUT2D eigenvalue weighted by molar-refractivity contribution is 0.251. The maximum Gasteiger partial charge on any atom is 0.319 e. The Labute approximate surface area is 129 Å². The summed E-state index contributed by atoms with van der Waals surface area (Å²) in [4.78, 5) is 11.6. The van der Waals surface area contributed by atoms with E-state index in [1.54, 1.807) is 12.1 Å². The highest BCUT2D eigenvalue weighted by atomic mass is 16.2. The summed E-state index contributed by atoms with van der Waals surface area (Å²) in [6.45, 7) is 0. The molecule has 0 aromatic heterocycles. The van der Waals surface area contributed by atoms with Crippen molar-refractivity contribution in [2.75, 3.05) is 10.6 Å². The first-order chi connectivity index (χ1) is 10.7. The summed E-state index contributed by atoms with van der Waals surface area (Å²) in [7, 11) is 0. The predicted octanol–water partition coefficient (Wildman–Crippen LogP) is 3.59. The Balaban J connectivity index is 1.58. The van der Waals surface area contributed by atoms with Gasteiger partial charge in [0.1, 0.15) is 0 Å². The summed E-state index contributed by atoms with van der Waals surface area (Å²) in [5, 5.41) is 17.7. The number of amides is 2. The normalized spacial score (nSPS) is 13.0. The molecular weight excluding hydrogens is 276 g/mol. The Morgan fingerprint density at radius 3 is 2.05 bits per heavy atom. The number of benzene rings is 2. The predicted molar refractivity (Wildman–Crippen MR) is 86.1 cm³/mol. The Morgan fingerprint density at radius 1 is 0.955 bits per heavy atom. The third-order valence-electron chi connectivity index (χ3n) is 3.36. The molecule has 0 aliphatic heterocycles. The number of hydrogen-bond acceptors (Lipinski definition) is 3. The Hall–Kier alpha value is -3.00. The number of nitriles is 1. The average Bonchev–Trinajstić information content (AvgIpc) is 3.34. The van der Waals surface area contributed by atoms with Crippen LogP contribution in [0.5, 0.6) is 0 Å². The molecule has 0 bridgehead atoms.